The summed E-state index contributed by atoms with van der Waals surface area (Å²) < 4.78 is 6.81. The van der Waals surface area contributed by atoms with E-state index in [1.165, 1.54) is 86.2 Å². The summed E-state index contributed by atoms with van der Waals surface area (Å²) in [6.07, 6.45) is 23.3. The smallest absolute Gasteiger partial charge is 0.269 e. The topological polar surface area (TPSA) is 40.6 Å². The second kappa shape index (κ2) is 13.3. The Kier molecular flexibility index (Phi) is 9.69. The molecule has 3 aliphatic heterocycles. The second-order valence-corrected chi connectivity index (χ2v) is 24.4. The summed E-state index contributed by atoms with van der Waals surface area (Å²) in [5.41, 5.74) is 7.23. The van der Waals surface area contributed by atoms with Gasteiger partial charge < -0.3 is 9.64 Å². The van der Waals surface area contributed by atoms with Gasteiger partial charge in [0.1, 0.15) is 11.5 Å². The molecule has 262 valence electrons. The quantitative estimate of drug-likeness (QED) is 0.107. The van der Waals surface area contributed by atoms with Gasteiger partial charge in [0.05, 0.1) is 12.6 Å². The zero-order valence-corrected chi connectivity index (χ0v) is 32.9. The van der Waals surface area contributed by atoms with E-state index in [-0.39, 0.29) is 21.9 Å². The van der Waals surface area contributed by atoms with Crippen LogP contribution in [-0.2, 0) is 15.6 Å². The first-order valence-corrected chi connectivity index (χ1v) is 23.1. The minimum Gasteiger partial charge on any atom is -0.461 e. The molecule has 0 N–H and O–H groups in total. The highest BCUT2D eigenvalue weighted by molar-refractivity contribution is 6.76. The van der Waals surface area contributed by atoms with Crippen molar-refractivity contribution in [3.63, 3.8) is 0 Å². The first-order valence-electron chi connectivity index (χ1n) is 19.4. The average Bonchev–Trinajstić information content (AvgIpc) is 3.07. The number of nitriles is 1. The number of fused-ring (bicyclic) bond motifs is 3. The van der Waals surface area contributed by atoms with Crippen molar-refractivity contribution in [3.05, 3.63) is 81.3 Å². The van der Waals surface area contributed by atoms with Gasteiger partial charge in [0.2, 0.25) is 0 Å². The van der Waals surface area contributed by atoms with Gasteiger partial charge in [-0.3, -0.25) is 0 Å². The number of rotatable bonds is 10. The van der Waals surface area contributed by atoms with E-state index in [4.69, 9.17) is 11.3 Å². The van der Waals surface area contributed by atoms with E-state index in [1.54, 1.807) is 0 Å². The Hall–Kier alpha value is -3.02. The third-order valence-electron chi connectivity index (χ3n) is 13.6. The van der Waals surface area contributed by atoms with Crippen LogP contribution in [0, 0.1) is 34.7 Å². The largest absolute Gasteiger partial charge is 0.461 e. The summed E-state index contributed by atoms with van der Waals surface area (Å²) in [5.74, 6) is 2.35. The molecule has 0 aromatic heterocycles. The van der Waals surface area contributed by atoms with E-state index in [2.05, 4.69) is 94.4 Å². The van der Waals surface area contributed by atoms with Gasteiger partial charge in [0, 0.05) is 32.3 Å². The van der Waals surface area contributed by atoms with Gasteiger partial charge in [0.25, 0.3) is 5.70 Å². The molecule has 3 heterocycles. The molecular weight excluding hydrogens is 615 g/mol. The number of ether oxygens (including phenoxy) is 1. The highest BCUT2D eigenvalue weighted by atomic mass is 28.3. The number of allylic oxidation sites excluding steroid dienone is 6. The van der Waals surface area contributed by atoms with Crippen molar-refractivity contribution >= 4 is 19.8 Å². The fourth-order valence-corrected chi connectivity index (χ4v) is 11.0. The lowest BCUT2D eigenvalue weighted by atomic mass is 9.52. The van der Waals surface area contributed by atoms with Gasteiger partial charge in [-0.1, -0.05) is 92.1 Å². The van der Waals surface area contributed by atoms with Crippen LogP contribution in [0.4, 0.5) is 5.69 Å². The molecule has 3 aliphatic carbocycles. The maximum atomic E-state index is 9.89. The number of anilines is 1. The first-order chi connectivity index (χ1) is 23.1. The molecule has 0 saturated heterocycles. The Balaban J connectivity index is 1.32. The van der Waals surface area contributed by atoms with Crippen LogP contribution in [0.3, 0.4) is 0 Å². The Morgan fingerprint density at radius 2 is 1.69 bits per heavy atom. The van der Waals surface area contributed by atoms with E-state index in [0.29, 0.717) is 16.9 Å². The highest BCUT2D eigenvalue weighted by Gasteiger charge is 2.51. The fraction of sp³-hybridized carbons (Fsp3) is 0.636. The zero-order chi connectivity index (χ0) is 35.2. The van der Waals surface area contributed by atoms with Gasteiger partial charge in [0.15, 0.2) is 0 Å². The molecule has 0 amide bonds. The minimum atomic E-state index is -1.14. The molecule has 49 heavy (non-hydrogen) atoms. The third-order valence-corrected chi connectivity index (χ3v) is 15.3. The third kappa shape index (κ3) is 7.00. The zero-order valence-electron chi connectivity index (χ0n) is 31.9. The van der Waals surface area contributed by atoms with Crippen molar-refractivity contribution in [1.82, 2.24) is 0 Å². The molecule has 1 aromatic rings. The predicted molar refractivity (Wildman–Crippen MR) is 208 cm³/mol. The average molecular weight is 676 g/mol. The van der Waals surface area contributed by atoms with Crippen LogP contribution >= 0.6 is 0 Å². The molecule has 7 rings (SSSR count). The lowest BCUT2D eigenvalue weighted by molar-refractivity contribution is -0.0195. The molecule has 0 radical (unpaired) electrons. The summed E-state index contributed by atoms with van der Waals surface area (Å²) in [6.45, 7) is 29.7. The summed E-state index contributed by atoms with van der Waals surface area (Å²) in [4.78, 5) is 6.34. The van der Waals surface area contributed by atoms with Crippen LogP contribution in [0.2, 0.25) is 25.7 Å². The highest BCUT2D eigenvalue weighted by Crippen LogP contribution is 2.62. The predicted octanol–water partition coefficient (Wildman–Crippen LogP) is 12.2. The number of unbranched alkanes of at least 4 members (excludes halogenated alkanes) is 2. The first kappa shape index (κ1) is 35.8. The SMILES string of the molecule is [C-]#[N+]C(C#N)=C1C=C(C=Cc2cc3c4c(c2)C(C)(C)C(CC[Si](C)(C)C)CN4CCC3(C)C)OC(C23CCC(CCCCC)(CC2)CC3)=C1. The van der Waals surface area contributed by atoms with Crippen molar-refractivity contribution < 1.29 is 4.74 Å². The van der Waals surface area contributed by atoms with Crippen LogP contribution in [0.25, 0.3) is 10.9 Å². The Morgan fingerprint density at radius 1 is 1.00 bits per heavy atom. The molecule has 3 saturated carbocycles. The maximum Gasteiger partial charge on any atom is 0.269 e. The number of hydrogen-bond acceptors (Lipinski definition) is 3. The summed E-state index contributed by atoms with van der Waals surface area (Å²) >= 11 is 0. The van der Waals surface area contributed by atoms with Crippen LogP contribution in [-0.4, -0.2) is 21.2 Å². The van der Waals surface area contributed by atoms with E-state index in [9.17, 15) is 5.26 Å². The van der Waals surface area contributed by atoms with Crippen molar-refractivity contribution in [2.75, 3.05) is 18.0 Å². The van der Waals surface area contributed by atoms with E-state index in [0.717, 1.165) is 43.9 Å². The number of nitrogens with zero attached hydrogens (tertiary/aromatic N) is 3. The van der Waals surface area contributed by atoms with Crippen LogP contribution < -0.4 is 4.90 Å². The van der Waals surface area contributed by atoms with Crippen LogP contribution in [0.15, 0.2) is 53.1 Å². The van der Waals surface area contributed by atoms with E-state index < -0.39 is 8.07 Å². The van der Waals surface area contributed by atoms with E-state index in [1.807, 2.05) is 12.2 Å². The molecule has 1 atom stereocenters. The van der Waals surface area contributed by atoms with Gasteiger partial charge in [-0.15, -0.1) is 0 Å². The Morgan fingerprint density at radius 3 is 2.33 bits per heavy atom. The van der Waals surface area contributed by atoms with Crippen LogP contribution in [0.1, 0.15) is 128 Å². The van der Waals surface area contributed by atoms with Gasteiger partial charge in [-0.05, 0) is 126 Å². The van der Waals surface area contributed by atoms with Crippen molar-refractivity contribution in [2.45, 2.75) is 148 Å². The second-order valence-electron chi connectivity index (χ2n) is 18.8. The molecular formula is C44H61N3OSi. The molecule has 1 unspecified atom stereocenters. The Bertz CT molecular complexity index is 1630. The fourth-order valence-electron chi connectivity index (χ4n) is 9.81. The van der Waals surface area contributed by atoms with Gasteiger partial charge >= 0.3 is 0 Å². The summed E-state index contributed by atoms with van der Waals surface area (Å²) in [6, 6.07) is 8.43. The minimum absolute atomic E-state index is 0.00607. The summed E-state index contributed by atoms with van der Waals surface area (Å²) in [5, 5.41) is 9.89. The monoisotopic (exact) mass is 675 g/mol. The molecule has 4 nitrogen and oxygen atoms in total. The molecule has 6 aliphatic rings. The Labute approximate surface area is 299 Å². The molecule has 3 fully saturated rings. The normalized spacial score (nSPS) is 29.3. The van der Waals surface area contributed by atoms with Gasteiger partial charge in [-0.25, -0.2) is 10.1 Å². The van der Waals surface area contributed by atoms with Crippen molar-refractivity contribution in [1.29, 1.82) is 5.26 Å². The van der Waals surface area contributed by atoms with Gasteiger partial charge in [-0.2, -0.15) is 0 Å². The molecule has 5 heteroatoms. The molecule has 2 bridgehead atoms. The standard InChI is InChI=1S/C44H61N3OSi/c1-10-11-12-16-43-17-20-44(21-18-43,22-19-43)39-29-33(38(30-45)46-6)28-35(48-39)14-13-32-26-36-40-37(27-32)42(4,5)34(15-25-49(7,8)9)31-47(40)24-23-41(36,2)3/h13-14,26-29,34H,10-12,15-25,31H2,1-5,7-9H3. The number of hydrogen-bond donors (Lipinski definition) is 0. The number of benzene rings is 1. The molecule has 1 aromatic carbocycles. The van der Waals surface area contributed by atoms with E-state index >= 15 is 0 Å². The van der Waals surface area contributed by atoms with Crippen molar-refractivity contribution in [2.24, 2.45) is 16.7 Å². The lowest BCUT2D eigenvalue weighted by Gasteiger charge is -2.54. The lowest BCUT2D eigenvalue weighted by Crippen LogP contribution is -2.50. The maximum absolute atomic E-state index is 9.89. The summed E-state index contributed by atoms with van der Waals surface area (Å²) in [7, 11) is -1.14. The van der Waals surface area contributed by atoms with Crippen molar-refractivity contribution in [3.8, 4) is 6.07 Å². The van der Waals surface area contributed by atoms with Crippen LogP contribution in [0.5, 0.6) is 0 Å². The molecule has 0 spiro atoms.